The molecule has 214 valence electrons. The first-order valence-electron chi connectivity index (χ1n) is 12.9. The number of hydrogen-bond acceptors (Lipinski definition) is 9. The van der Waals surface area contributed by atoms with Crippen LogP contribution in [0.1, 0.15) is 55.8 Å². The van der Waals surface area contributed by atoms with E-state index in [1.165, 1.54) is 6.20 Å². The lowest BCUT2D eigenvalue weighted by Gasteiger charge is -2.22. The van der Waals surface area contributed by atoms with E-state index in [4.69, 9.17) is 0 Å². The second-order valence-electron chi connectivity index (χ2n) is 9.66. The number of aliphatic hydroxyl groups excluding tert-OH is 1. The molecule has 1 aliphatic heterocycles. The Balaban J connectivity index is 1.63. The van der Waals surface area contributed by atoms with Gasteiger partial charge in [-0.1, -0.05) is 0 Å². The van der Waals surface area contributed by atoms with Gasteiger partial charge >= 0.3 is 13.2 Å². The highest BCUT2D eigenvalue weighted by Gasteiger charge is 2.26. The molecule has 3 N–H and O–H groups in total. The van der Waals surface area contributed by atoms with Crippen molar-refractivity contribution in [2.75, 3.05) is 38.2 Å². The van der Waals surface area contributed by atoms with E-state index in [0.29, 0.717) is 38.8 Å². The van der Waals surface area contributed by atoms with Gasteiger partial charge in [0.2, 0.25) is 5.95 Å². The fourth-order valence-electron chi connectivity index (χ4n) is 4.48. The Morgan fingerprint density at radius 2 is 1.95 bits per heavy atom. The minimum absolute atomic E-state index is 0.0306. The highest BCUT2D eigenvalue weighted by Crippen LogP contribution is 2.25. The smallest absolute Gasteiger partial charge is 0.345 e. The highest BCUT2D eigenvalue weighted by atomic mass is 19.3. The van der Waals surface area contributed by atoms with E-state index in [-0.39, 0.29) is 48.6 Å². The van der Waals surface area contributed by atoms with Crippen LogP contribution in [0.3, 0.4) is 0 Å². The lowest BCUT2D eigenvalue weighted by Crippen LogP contribution is -2.37. The molecule has 38 heavy (non-hydrogen) atoms. The Morgan fingerprint density at radius 3 is 2.66 bits per heavy atom. The van der Waals surface area contributed by atoms with Crippen LogP contribution in [0.4, 0.5) is 29.3 Å². The van der Waals surface area contributed by atoms with E-state index >= 15 is 0 Å². The summed E-state index contributed by atoms with van der Waals surface area (Å²) in [6, 6.07) is -0.657. The molecule has 1 amide bonds. The first kappa shape index (κ1) is 30.1. The van der Waals surface area contributed by atoms with Crippen LogP contribution in [0.15, 0.2) is 11.2 Å². The van der Waals surface area contributed by atoms with Gasteiger partial charge in [-0.2, -0.15) is 22.5 Å². The van der Waals surface area contributed by atoms with E-state index in [9.17, 15) is 27.5 Å². The molecule has 1 aromatic rings. The van der Waals surface area contributed by atoms with E-state index in [2.05, 4.69) is 40.0 Å². The van der Waals surface area contributed by atoms with E-state index < -0.39 is 25.2 Å². The summed E-state index contributed by atoms with van der Waals surface area (Å²) in [5.41, 5.74) is 0.169. The van der Waals surface area contributed by atoms with Gasteiger partial charge in [-0.25, -0.2) is 9.98 Å². The van der Waals surface area contributed by atoms with Crippen LogP contribution >= 0.6 is 0 Å². The number of aliphatic hydroxyl groups is 1. The Kier molecular flexibility index (Phi) is 12.1. The predicted octanol–water partition coefficient (Wildman–Crippen LogP) is 3.20. The molecule has 2 heterocycles. The number of amides is 1. The fourth-order valence-corrected chi connectivity index (χ4v) is 4.48. The van der Waals surface area contributed by atoms with Crippen molar-refractivity contribution in [1.82, 2.24) is 20.2 Å². The highest BCUT2D eigenvalue weighted by molar-refractivity contribution is 5.98. The summed E-state index contributed by atoms with van der Waals surface area (Å²) in [5, 5.41) is 15.6. The Morgan fingerprint density at radius 1 is 1.21 bits per heavy atom. The monoisotopic (exact) mass is 548 g/mol. The van der Waals surface area contributed by atoms with E-state index in [1.54, 1.807) is 13.1 Å². The lowest BCUT2D eigenvalue weighted by atomic mass is 9.88. The molecule has 0 bridgehead atoms. The van der Waals surface area contributed by atoms with E-state index in [1.807, 2.05) is 0 Å². The number of aromatic nitrogens is 2. The van der Waals surface area contributed by atoms with Crippen molar-refractivity contribution in [2.24, 2.45) is 10.9 Å². The third-order valence-electron chi connectivity index (χ3n) is 6.48. The van der Waals surface area contributed by atoms with Crippen LogP contribution in [0.5, 0.6) is 0 Å². The Labute approximate surface area is 219 Å². The number of ether oxygens (including phenoxy) is 2. The Hall–Kier alpha value is -2.42. The fraction of sp³-hybridized carbons (Fsp3) is 0.750. The van der Waals surface area contributed by atoms with Gasteiger partial charge in [-0.05, 0) is 51.4 Å². The molecule has 1 saturated carbocycles. The topological polar surface area (TPSA) is 121 Å². The summed E-state index contributed by atoms with van der Waals surface area (Å²) < 4.78 is 57.5. The maximum absolute atomic E-state index is 13.1. The van der Waals surface area contributed by atoms with Crippen LogP contribution in [0.2, 0.25) is 0 Å². The maximum Gasteiger partial charge on any atom is 0.345 e. The first-order valence-corrected chi connectivity index (χ1v) is 12.9. The average Bonchev–Trinajstić information content (AvgIpc) is 3.32. The molecule has 0 unspecified atom stereocenters. The van der Waals surface area contributed by atoms with Gasteiger partial charge in [0.05, 0.1) is 19.3 Å². The second kappa shape index (κ2) is 15.2. The van der Waals surface area contributed by atoms with Crippen LogP contribution < -0.4 is 10.6 Å². The summed E-state index contributed by atoms with van der Waals surface area (Å²) in [7, 11) is 0. The number of hydrogen-bond donors (Lipinski definition) is 3. The zero-order chi connectivity index (χ0) is 27.5. The van der Waals surface area contributed by atoms with Crippen LogP contribution in [0, 0.1) is 5.92 Å². The largest absolute Gasteiger partial charge is 0.393 e. The summed E-state index contributed by atoms with van der Waals surface area (Å²) in [6.45, 7) is -2.45. The van der Waals surface area contributed by atoms with Gasteiger partial charge in [0.15, 0.2) is 5.82 Å². The predicted molar refractivity (Wildman–Crippen MR) is 132 cm³/mol. The van der Waals surface area contributed by atoms with Gasteiger partial charge in [-0.15, -0.1) is 0 Å². The average molecular weight is 549 g/mol. The molecule has 0 aromatic carbocycles. The number of carbonyl (C=O) groups is 1. The summed E-state index contributed by atoms with van der Waals surface area (Å²) in [4.78, 5) is 28.2. The van der Waals surface area contributed by atoms with Crippen LogP contribution in [-0.2, 0) is 9.47 Å². The minimum Gasteiger partial charge on any atom is -0.393 e. The normalized spacial score (nSPS) is 23.4. The third kappa shape index (κ3) is 10.4. The number of aliphatic imine (C=N–C) groups is 1. The molecule has 1 aliphatic carbocycles. The zero-order valence-electron chi connectivity index (χ0n) is 21.4. The number of nitrogens with one attached hydrogen (secondary N) is 2. The van der Waals surface area contributed by atoms with Crippen molar-refractivity contribution in [2.45, 2.75) is 76.9 Å². The van der Waals surface area contributed by atoms with Crippen molar-refractivity contribution in [3.8, 4) is 0 Å². The molecular formula is C24H36F4N6O4. The van der Waals surface area contributed by atoms with Crippen molar-refractivity contribution < 1.29 is 36.9 Å². The molecule has 2 atom stereocenters. The van der Waals surface area contributed by atoms with Crippen LogP contribution in [0.25, 0.3) is 0 Å². The molecule has 14 heteroatoms. The summed E-state index contributed by atoms with van der Waals surface area (Å²) in [6.07, 6.45) is 6.82. The Bertz CT molecular complexity index is 905. The van der Waals surface area contributed by atoms with E-state index in [0.717, 1.165) is 19.4 Å². The summed E-state index contributed by atoms with van der Waals surface area (Å²) in [5.74, 6) is 0.00418. The standard InChI is InChI=1S/C24H36F4N6O4/c1-15(14-38-23(27)28)31-24-30-12-19(20(33-24)29-11-16-3-5-18(35)6-4-16)21(36)32-17-7-9-34(13-17)8-2-10-37-22(25)26/h11-12,15-18,22-23,35H,2-10,13-14H2,1H3,(H,32,36)(H,30,31,33)/b29-11-/t15-,16?,17-,18?/m0/s1. The van der Waals surface area contributed by atoms with Crippen molar-refractivity contribution in [3.63, 3.8) is 0 Å². The number of nitrogens with zero attached hydrogens (tertiary/aromatic N) is 4. The third-order valence-corrected chi connectivity index (χ3v) is 6.48. The molecule has 2 fully saturated rings. The first-order chi connectivity index (χ1) is 18.2. The zero-order valence-corrected chi connectivity index (χ0v) is 21.4. The number of carbonyl (C=O) groups excluding carboxylic acids is 1. The van der Waals surface area contributed by atoms with Crippen molar-refractivity contribution in [1.29, 1.82) is 0 Å². The molecule has 10 nitrogen and oxygen atoms in total. The number of alkyl halides is 4. The van der Waals surface area contributed by atoms with Gasteiger partial charge in [0.25, 0.3) is 5.91 Å². The SMILES string of the molecule is C[C@@H](COC(F)F)Nc1ncc(C(=O)N[C@H]2CCN(CCCOC(F)F)C2)c(/N=C\C2CCC(O)CC2)n1. The van der Waals surface area contributed by atoms with Gasteiger partial charge < -0.3 is 30.1 Å². The minimum atomic E-state index is -2.89. The number of halogens is 4. The van der Waals surface area contributed by atoms with Gasteiger partial charge in [0, 0.05) is 44.1 Å². The maximum atomic E-state index is 13.1. The van der Waals surface area contributed by atoms with Gasteiger partial charge in [-0.3, -0.25) is 4.79 Å². The quantitative estimate of drug-likeness (QED) is 0.184. The second-order valence-corrected chi connectivity index (χ2v) is 9.66. The molecular weight excluding hydrogens is 512 g/mol. The summed E-state index contributed by atoms with van der Waals surface area (Å²) >= 11 is 0. The molecule has 3 rings (SSSR count). The van der Waals surface area contributed by atoms with Crippen LogP contribution in [-0.4, -0.2) is 96.4 Å². The molecule has 1 aromatic heterocycles. The molecule has 0 spiro atoms. The lowest BCUT2D eigenvalue weighted by molar-refractivity contribution is -0.130. The molecule has 1 saturated heterocycles. The number of rotatable bonds is 14. The van der Waals surface area contributed by atoms with Crippen molar-refractivity contribution in [3.05, 3.63) is 11.8 Å². The van der Waals surface area contributed by atoms with Gasteiger partial charge in [0.1, 0.15) is 5.56 Å². The number of likely N-dealkylation sites (tertiary alicyclic amines) is 1. The van der Waals surface area contributed by atoms with Crippen molar-refractivity contribution >= 4 is 23.9 Å². The molecule has 2 aliphatic rings. The number of anilines is 1. The molecule has 0 radical (unpaired) electrons.